The Kier molecular flexibility index (Phi) is 5.63. The van der Waals surface area contributed by atoms with Crippen LogP contribution in [0.3, 0.4) is 0 Å². The van der Waals surface area contributed by atoms with E-state index in [1.165, 1.54) is 63.4 Å². The Bertz CT molecular complexity index is 697. The van der Waals surface area contributed by atoms with Crippen LogP contribution in [-0.2, 0) is 0 Å². The van der Waals surface area contributed by atoms with Crippen LogP contribution in [0.2, 0.25) is 0 Å². The molecular weight excluding hydrogens is 352 g/mol. The van der Waals surface area contributed by atoms with E-state index in [2.05, 4.69) is 47.6 Å². The van der Waals surface area contributed by atoms with E-state index in [0.29, 0.717) is 16.2 Å². The second kappa shape index (κ2) is 7.54. The van der Waals surface area contributed by atoms with E-state index < -0.39 is 0 Å². The molecule has 0 aromatic rings. The summed E-state index contributed by atoms with van der Waals surface area (Å²) >= 11 is 0. The third-order valence-corrected chi connectivity index (χ3v) is 10.7. The van der Waals surface area contributed by atoms with Crippen molar-refractivity contribution in [2.24, 2.45) is 34.0 Å². The summed E-state index contributed by atoms with van der Waals surface area (Å²) in [7, 11) is 0. The zero-order chi connectivity index (χ0) is 21.0. The Labute approximate surface area is 180 Å². The molecule has 1 N–H and O–H groups in total. The first-order valence-electron chi connectivity index (χ1n) is 12.7. The minimum absolute atomic E-state index is 0.0443. The van der Waals surface area contributed by atoms with Crippen molar-refractivity contribution in [1.82, 2.24) is 0 Å². The van der Waals surface area contributed by atoms with Crippen molar-refractivity contribution in [3.8, 4) is 0 Å². The van der Waals surface area contributed by atoms with Crippen molar-refractivity contribution >= 4 is 0 Å². The van der Waals surface area contributed by atoms with Gasteiger partial charge in [0, 0.05) is 0 Å². The number of hydrogen-bond acceptors (Lipinski definition) is 1. The number of aliphatic hydroxyl groups is 1. The summed E-state index contributed by atoms with van der Waals surface area (Å²) in [5.74, 6) is 2.43. The van der Waals surface area contributed by atoms with Crippen LogP contribution in [0.1, 0.15) is 112 Å². The van der Waals surface area contributed by atoms with Gasteiger partial charge in [-0.25, -0.2) is 0 Å². The van der Waals surface area contributed by atoms with E-state index in [1.54, 1.807) is 0 Å². The summed E-state index contributed by atoms with van der Waals surface area (Å²) in [6.07, 6.45) is 16.5. The molecule has 29 heavy (non-hydrogen) atoms. The van der Waals surface area contributed by atoms with Gasteiger partial charge in [0.1, 0.15) is 0 Å². The molecule has 0 unspecified atom stereocenters. The maximum atomic E-state index is 10.3. The van der Waals surface area contributed by atoms with Crippen LogP contribution in [0.15, 0.2) is 22.8 Å². The van der Waals surface area contributed by atoms with E-state index in [4.69, 9.17) is 0 Å². The van der Waals surface area contributed by atoms with Gasteiger partial charge in [-0.1, -0.05) is 50.5 Å². The van der Waals surface area contributed by atoms with Gasteiger partial charge in [0.25, 0.3) is 0 Å². The number of aliphatic hydroxyl groups excluding tert-OH is 1. The largest absolute Gasteiger partial charge is 0.393 e. The molecule has 164 valence electrons. The molecule has 0 heterocycles. The molecule has 2 fully saturated rings. The summed E-state index contributed by atoms with van der Waals surface area (Å²) in [6, 6.07) is 0. The monoisotopic (exact) mass is 398 g/mol. The van der Waals surface area contributed by atoms with Crippen LogP contribution in [0, 0.1) is 34.0 Å². The van der Waals surface area contributed by atoms with Crippen LogP contribution >= 0.6 is 0 Å². The quantitative estimate of drug-likeness (QED) is 0.478. The lowest BCUT2D eigenvalue weighted by Gasteiger charge is -2.59. The smallest absolute Gasteiger partial charge is 0.0543 e. The second-order valence-electron chi connectivity index (χ2n) is 12.3. The van der Waals surface area contributed by atoms with Crippen molar-refractivity contribution in [3.63, 3.8) is 0 Å². The molecule has 0 aromatic heterocycles. The maximum absolute atomic E-state index is 10.3. The standard InChI is InChI=1S/C28H46O/c1-19(2)8-7-9-20(3)23-13-16-28(6)25-11-10-21-18-22(29)12-15-26(21,4)24(25)14-17-27(23,28)5/h8,20-23,29H,7,9-18H2,1-6H3/t20-,21+,22+,23-,26+,27-,28+/m1/s1. The lowest BCUT2D eigenvalue weighted by molar-refractivity contribution is -0.00479. The number of fused-ring (bicyclic) bond motifs is 4. The predicted molar refractivity (Wildman–Crippen MR) is 124 cm³/mol. The maximum Gasteiger partial charge on any atom is 0.0543 e. The first kappa shape index (κ1) is 21.7. The van der Waals surface area contributed by atoms with Gasteiger partial charge in [-0.15, -0.1) is 0 Å². The molecule has 0 aliphatic heterocycles. The highest BCUT2D eigenvalue weighted by Crippen LogP contribution is 2.71. The normalized spacial score (nSPS) is 45.3. The molecule has 1 nitrogen and oxygen atoms in total. The van der Waals surface area contributed by atoms with Gasteiger partial charge in [-0.05, 0) is 118 Å². The third-order valence-electron chi connectivity index (χ3n) is 10.7. The Morgan fingerprint density at radius 2 is 1.79 bits per heavy atom. The van der Waals surface area contributed by atoms with E-state index in [-0.39, 0.29) is 6.10 Å². The first-order valence-corrected chi connectivity index (χ1v) is 12.7. The zero-order valence-corrected chi connectivity index (χ0v) is 20.1. The van der Waals surface area contributed by atoms with Crippen LogP contribution in [0.25, 0.3) is 0 Å². The van der Waals surface area contributed by atoms with Gasteiger partial charge in [0.2, 0.25) is 0 Å². The highest BCUT2D eigenvalue weighted by molar-refractivity contribution is 5.38. The summed E-state index contributed by atoms with van der Waals surface area (Å²) in [4.78, 5) is 0. The lowest BCUT2D eigenvalue weighted by atomic mass is 9.46. The average molecular weight is 399 g/mol. The minimum Gasteiger partial charge on any atom is -0.393 e. The number of hydrogen-bond donors (Lipinski definition) is 1. The molecule has 0 amide bonds. The van der Waals surface area contributed by atoms with E-state index >= 15 is 0 Å². The molecule has 7 atom stereocenters. The molecule has 0 bridgehead atoms. The van der Waals surface area contributed by atoms with Crippen molar-refractivity contribution in [1.29, 1.82) is 0 Å². The second-order valence-corrected chi connectivity index (χ2v) is 12.3. The minimum atomic E-state index is -0.0443. The Morgan fingerprint density at radius 1 is 1.03 bits per heavy atom. The highest BCUT2D eigenvalue weighted by atomic mass is 16.3. The molecule has 0 radical (unpaired) electrons. The molecule has 0 spiro atoms. The van der Waals surface area contributed by atoms with Crippen LogP contribution in [0.4, 0.5) is 0 Å². The molecule has 0 saturated heterocycles. The van der Waals surface area contributed by atoms with Gasteiger partial charge < -0.3 is 5.11 Å². The van der Waals surface area contributed by atoms with Crippen molar-refractivity contribution in [2.75, 3.05) is 0 Å². The van der Waals surface area contributed by atoms with Crippen molar-refractivity contribution in [2.45, 2.75) is 118 Å². The Hall–Kier alpha value is -0.560. The van der Waals surface area contributed by atoms with E-state index in [9.17, 15) is 5.11 Å². The molecular formula is C28H46O. The van der Waals surface area contributed by atoms with Gasteiger partial charge in [-0.3, -0.25) is 0 Å². The van der Waals surface area contributed by atoms with Crippen molar-refractivity contribution in [3.05, 3.63) is 22.8 Å². The fourth-order valence-electron chi connectivity index (χ4n) is 8.62. The summed E-state index contributed by atoms with van der Waals surface area (Å²) < 4.78 is 0. The number of allylic oxidation sites excluding steroid dienone is 4. The fraction of sp³-hybridized carbons (Fsp3) is 0.857. The van der Waals surface area contributed by atoms with E-state index in [0.717, 1.165) is 30.6 Å². The summed E-state index contributed by atoms with van der Waals surface area (Å²) in [6.45, 7) is 14.9. The SMILES string of the molecule is CC(C)=CCC[C@@H](C)[C@H]1CC[C@@]2(C)C3=C(CC[C@]12C)[C@@]1(C)CC[C@H](O)C[C@@H]1CC3. The molecule has 4 aliphatic carbocycles. The highest BCUT2D eigenvalue weighted by Gasteiger charge is 2.61. The van der Waals surface area contributed by atoms with Crippen LogP contribution in [-0.4, -0.2) is 11.2 Å². The lowest BCUT2D eigenvalue weighted by Crippen LogP contribution is -2.49. The summed E-state index contributed by atoms with van der Waals surface area (Å²) in [5.41, 5.74) is 6.49. The van der Waals surface area contributed by atoms with Gasteiger partial charge in [0.15, 0.2) is 0 Å². The molecule has 1 heteroatoms. The van der Waals surface area contributed by atoms with E-state index in [1.807, 2.05) is 11.1 Å². The molecule has 4 aliphatic rings. The average Bonchev–Trinajstić information content (AvgIpc) is 2.93. The van der Waals surface area contributed by atoms with Gasteiger partial charge in [-0.2, -0.15) is 0 Å². The van der Waals surface area contributed by atoms with Crippen molar-refractivity contribution < 1.29 is 5.11 Å². The van der Waals surface area contributed by atoms with Crippen LogP contribution in [0.5, 0.6) is 0 Å². The Morgan fingerprint density at radius 3 is 2.52 bits per heavy atom. The van der Waals surface area contributed by atoms with Crippen LogP contribution < -0.4 is 0 Å². The molecule has 4 rings (SSSR count). The molecule has 2 saturated carbocycles. The first-order chi connectivity index (χ1) is 13.6. The van der Waals surface area contributed by atoms with Gasteiger partial charge >= 0.3 is 0 Å². The predicted octanol–water partition coefficient (Wildman–Crippen LogP) is 7.84. The third kappa shape index (κ3) is 3.29. The fourth-order valence-corrected chi connectivity index (χ4v) is 8.62. The Balaban J connectivity index is 1.61. The topological polar surface area (TPSA) is 20.2 Å². The van der Waals surface area contributed by atoms with Gasteiger partial charge in [0.05, 0.1) is 6.10 Å². The number of rotatable bonds is 4. The summed E-state index contributed by atoms with van der Waals surface area (Å²) in [5, 5.41) is 10.3. The zero-order valence-electron chi connectivity index (χ0n) is 20.1. The molecule has 0 aromatic carbocycles.